The summed E-state index contributed by atoms with van der Waals surface area (Å²) < 4.78 is 11.1. The molecule has 0 fully saturated rings. The molecular weight excluding hydrogens is 320 g/mol. The number of aromatic nitrogens is 2. The molecule has 0 amide bonds. The Kier molecular flexibility index (Phi) is 5.15. The highest BCUT2D eigenvalue weighted by Gasteiger charge is 2.23. The first-order chi connectivity index (χ1) is 10.9. The lowest BCUT2D eigenvalue weighted by Gasteiger charge is -2.13. The highest BCUT2D eigenvalue weighted by molar-refractivity contribution is 7.20. The van der Waals surface area contributed by atoms with Crippen LogP contribution in [0.25, 0.3) is 10.2 Å². The summed E-state index contributed by atoms with van der Waals surface area (Å²) in [5.74, 6) is -0.980. The molecule has 0 saturated heterocycles. The molecule has 2 aromatic rings. The zero-order valence-electron chi connectivity index (χ0n) is 13.4. The van der Waals surface area contributed by atoms with E-state index >= 15 is 0 Å². The molecule has 2 rings (SSSR count). The molecule has 2 aromatic heterocycles. The van der Waals surface area contributed by atoms with Gasteiger partial charge in [-0.05, 0) is 33.3 Å². The van der Waals surface area contributed by atoms with Crippen molar-refractivity contribution in [3.8, 4) is 0 Å². The third-order valence-electron chi connectivity index (χ3n) is 3.38. The van der Waals surface area contributed by atoms with Crippen molar-refractivity contribution in [1.82, 2.24) is 9.55 Å². The lowest BCUT2D eigenvalue weighted by Crippen LogP contribution is -2.29. The number of rotatable bonds is 5. The molecule has 1 atom stereocenters. The summed E-state index contributed by atoms with van der Waals surface area (Å²) >= 11 is 1.11. The van der Waals surface area contributed by atoms with Crippen molar-refractivity contribution < 1.29 is 19.1 Å². The van der Waals surface area contributed by atoms with Crippen molar-refractivity contribution in [1.29, 1.82) is 0 Å². The van der Waals surface area contributed by atoms with Crippen LogP contribution in [0.1, 0.15) is 42.0 Å². The maximum Gasteiger partial charge on any atom is 0.348 e. The highest BCUT2D eigenvalue weighted by Crippen LogP contribution is 2.27. The van der Waals surface area contributed by atoms with Gasteiger partial charge in [0.2, 0.25) is 0 Å². The fraction of sp³-hybridized carbons (Fsp3) is 0.467. The normalized spacial score (nSPS) is 12.2. The summed E-state index contributed by atoms with van der Waals surface area (Å²) in [7, 11) is 0. The quantitative estimate of drug-likeness (QED) is 0.776. The van der Waals surface area contributed by atoms with Crippen molar-refractivity contribution in [2.24, 2.45) is 0 Å². The Morgan fingerprint density at radius 3 is 2.57 bits per heavy atom. The monoisotopic (exact) mass is 338 g/mol. The predicted molar refractivity (Wildman–Crippen MR) is 85.9 cm³/mol. The van der Waals surface area contributed by atoms with E-state index in [-0.39, 0.29) is 18.8 Å². The Morgan fingerprint density at radius 2 is 1.96 bits per heavy atom. The van der Waals surface area contributed by atoms with E-state index in [1.165, 1.54) is 10.9 Å². The van der Waals surface area contributed by atoms with Gasteiger partial charge in [-0.15, -0.1) is 11.3 Å². The summed E-state index contributed by atoms with van der Waals surface area (Å²) in [4.78, 5) is 41.4. The molecule has 0 saturated carbocycles. The van der Waals surface area contributed by atoms with Gasteiger partial charge in [-0.25, -0.2) is 14.6 Å². The molecule has 2 heterocycles. The number of ether oxygens (including phenoxy) is 2. The van der Waals surface area contributed by atoms with Crippen molar-refractivity contribution >= 4 is 33.5 Å². The predicted octanol–water partition coefficient (Wildman–Crippen LogP) is 2.07. The van der Waals surface area contributed by atoms with Gasteiger partial charge in [0.15, 0.2) is 0 Å². The Hall–Kier alpha value is -2.22. The summed E-state index contributed by atoms with van der Waals surface area (Å²) in [6.45, 7) is 7.15. The standard InChI is InChI=1S/C15H18N2O5S/c1-5-21-14(19)9(4)17-7-16-12-10(13(17)18)8(3)11(23-12)15(20)22-6-2/h7,9H,5-6H2,1-4H3/t9-/m0/s1. The minimum absolute atomic E-state index is 0.234. The summed E-state index contributed by atoms with van der Waals surface area (Å²) in [6, 6.07) is -0.787. The van der Waals surface area contributed by atoms with E-state index in [4.69, 9.17) is 9.47 Å². The Balaban J connectivity index is 2.55. The molecule has 0 aromatic carbocycles. The van der Waals surface area contributed by atoms with Crippen molar-refractivity contribution in [3.05, 3.63) is 27.1 Å². The first-order valence-electron chi connectivity index (χ1n) is 7.26. The van der Waals surface area contributed by atoms with Gasteiger partial charge in [-0.2, -0.15) is 0 Å². The van der Waals surface area contributed by atoms with Crippen LogP contribution < -0.4 is 5.56 Å². The Labute approximate surface area is 136 Å². The van der Waals surface area contributed by atoms with E-state index in [9.17, 15) is 14.4 Å². The SMILES string of the molecule is CCOC(=O)c1sc2ncn([C@@H](C)C(=O)OCC)c(=O)c2c1C. The first kappa shape index (κ1) is 17.1. The van der Waals surface area contributed by atoms with Crippen LogP contribution >= 0.6 is 11.3 Å². The summed E-state index contributed by atoms with van der Waals surface area (Å²) in [5, 5.41) is 0.330. The molecule has 0 radical (unpaired) electrons. The Bertz CT molecular complexity index is 808. The second-order valence-electron chi connectivity index (χ2n) is 4.84. The topological polar surface area (TPSA) is 87.5 Å². The highest BCUT2D eigenvalue weighted by atomic mass is 32.1. The van der Waals surface area contributed by atoms with Gasteiger partial charge in [0.25, 0.3) is 5.56 Å². The molecular formula is C15H18N2O5S. The van der Waals surface area contributed by atoms with Gasteiger partial charge in [0.1, 0.15) is 15.7 Å². The number of esters is 2. The van der Waals surface area contributed by atoms with Crippen molar-refractivity contribution in [3.63, 3.8) is 0 Å². The lowest BCUT2D eigenvalue weighted by atomic mass is 10.2. The maximum absolute atomic E-state index is 12.7. The van der Waals surface area contributed by atoms with Crippen molar-refractivity contribution in [2.75, 3.05) is 13.2 Å². The van der Waals surface area contributed by atoms with Gasteiger partial charge in [-0.3, -0.25) is 9.36 Å². The second-order valence-corrected chi connectivity index (χ2v) is 5.84. The number of thiophene rings is 1. The average Bonchev–Trinajstić information content (AvgIpc) is 2.85. The molecule has 0 aliphatic heterocycles. The van der Waals surface area contributed by atoms with Gasteiger partial charge in [0.05, 0.1) is 24.9 Å². The van der Waals surface area contributed by atoms with Crippen LogP contribution in [0.3, 0.4) is 0 Å². The molecule has 0 spiro atoms. The van der Waals surface area contributed by atoms with Crippen LogP contribution in [0.5, 0.6) is 0 Å². The molecule has 7 nitrogen and oxygen atoms in total. The van der Waals surface area contributed by atoms with Gasteiger partial charge in [0, 0.05) is 0 Å². The van der Waals surface area contributed by atoms with Crippen LogP contribution in [-0.2, 0) is 14.3 Å². The number of carbonyl (C=O) groups is 2. The van der Waals surface area contributed by atoms with E-state index in [1.807, 2.05) is 0 Å². The number of fused-ring (bicyclic) bond motifs is 1. The van der Waals surface area contributed by atoms with Crippen LogP contribution in [0.2, 0.25) is 0 Å². The maximum atomic E-state index is 12.7. The molecule has 0 aliphatic rings. The molecule has 124 valence electrons. The number of hydrogen-bond donors (Lipinski definition) is 0. The first-order valence-corrected chi connectivity index (χ1v) is 8.07. The van der Waals surface area contributed by atoms with E-state index in [2.05, 4.69) is 4.98 Å². The summed E-state index contributed by atoms with van der Waals surface area (Å²) in [5.41, 5.74) is 0.145. The molecule has 0 aliphatic carbocycles. The van der Waals surface area contributed by atoms with E-state index < -0.39 is 18.0 Å². The van der Waals surface area contributed by atoms with Crippen LogP contribution in [0.4, 0.5) is 0 Å². The van der Waals surface area contributed by atoms with Gasteiger partial charge >= 0.3 is 11.9 Å². The molecule has 23 heavy (non-hydrogen) atoms. The number of aryl methyl sites for hydroxylation is 1. The van der Waals surface area contributed by atoms with E-state index in [0.717, 1.165) is 11.3 Å². The molecule has 0 unspecified atom stereocenters. The molecule has 0 bridgehead atoms. The second kappa shape index (κ2) is 6.91. The van der Waals surface area contributed by atoms with Crippen LogP contribution in [0.15, 0.2) is 11.1 Å². The zero-order valence-corrected chi connectivity index (χ0v) is 14.2. The largest absolute Gasteiger partial charge is 0.464 e. The van der Waals surface area contributed by atoms with Gasteiger partial charge < -0.3 is 9.47 Å². The van der Waals surface area contributed by atoms with Gasteiger partial charge in [-0.1, -0.05) is 0 Å². The van der Waals surface area contributed by atoms with Crippen molar-refractivity contribution in [2.45, 2.75) is 33.7 Å². The molecule has 0 N–H and O–H groups in total. The summed E-state index contributed by atoms with van der Waals surface area (Å²) in [6.07, 6.45) is 1.30. The Morgan fingerprint density at radius 1 is 1.30 bits per heavy atom. The smallest absolute Gasteiger partial charge is 0.348 e. The van der Waals surface area contributed by atoms with E-state index in [0.29, 0.717) is 20.7 Å². The third kappa shape index (κ3) is 3.12. The van der Waals surface area contributed by atoms with Crippen LogP contribution in [-0.4, -0.2) is 34.7 Å². The minimum atomic E-state index is -0.787. The number of carbonyl (C=O) groups excluding carboxylic acids is 2. The van der Waals surface area contributed by atoms with Crippen LogP contribution in [0, 0.1) is 6.92 Å². The number of nitrogens with zero attached hydrogens (tertiary/aromatic N) is 2. The zero-order chi connectivity index (χ0) is 17.1. The number of hydrogen-bond acceptors (Lipinski definition) is 7. The lowest BCUT2D eigenvalue weighted by molar-refractivity contribution is -0.146. The fourth-order valence-corrected chi connectivity index (χ4v) is 3.21. The minimum Gasteiger partial charge on any atom is -0.464 e. The molecule has 8 heteroatoms. The fourth-order valence-electron chi connectivity index (χ4n) is 2.18. The third-order valence-corrected chi connectivity index (χ3v) is 4.56. The average molecular weight is 338 g/mol. The van der Waals surface area contributed by atoms with E-state index in [1.54, 1.807) is 27.7 Å².